The van der Waals surface area contributed by atoms with E-state index in [1.165, 1.54) is 16.7 Å². The lowest BCUT2D eigenvalue weighted by Gasteiger charge is -2.10. The van der Waals surface area contributed by atoms with Crippen LogP contribution in [0.2, 0.25) is 5.02 Å². The van der Waals surface area contributed by atoms with Gasteiger partial charge >= 0.3 is 0 Å². The maximum atomic E-state index is 12.2. The third kappa shape index (κ3) is 5.08. The molecule has 0 saturated carbocycles. The summed E-state index contributed by atoms with van der Waals surface area (Å²) >= 11 is 5.91. The van der Waals surface area contributed by atoms with E-state index in [9.17, 15) is 9.59 Å². The highest BCUT2D eigenvalue weighted by Gasteiger charge is 2.07. The largest absolute Gasteiger partial charge is 0.487 e. The molecule has 2 aromatic heterocycles. The van der Waals surface area contributed by atoms with E-state index in [2.05, 4.69) is 10.3 Å². The van der Waals surface area contributed by atoms with Gasteiger partial charge in [0, 0.05) is 30.4 Å². The summed E-state index contributed by atoms with van der Waals surface area (Å²) in [5.74, 6) is 0.831. The van der Waals surface area contributed by atoms with Crippen molar-refractivity contribution in [3.63, 3.8) is 0 Å². The van der Waals surface area contributed by atoms with E-state index >= 15 is 0 Å². The smallest absolute Gasteiger partial charge is 0.258 e. The Balaban J connectivity index is 1.71. The number of benzene rings is 1. The van der Waals surface area contributed by atoms with Gasteiger partial charge in [-0.1, -0.05) is 31.5 Å². The number of rotatable bonds is 6. The molecule has 0 aliphatic carbocycles. The van der Waals surface area contributed by atoms with E-state index in [0.717, 1.165) is 0 Å². The molecule has 0 unspecified atom stereocenters. The molecule has 27 heavy (non-hydrogen) atoms. The molecule has 3 aromatic rings. The van der Waals surface area contributed by atoms with Crippen molar-refractivity contribution >= 4 is 28.8 Å². The molecule has 140 valence electrons. The molecule has 0 atom stereocenters. The molecule has 1 N–H and O–H groups in total. The number of carbonyl (C=O) groups excluding carboxylic acids is 1. The minimum Gasteiger partial charge on any atom is -0.487 e. The fourth-order valence-electron chi connectivity index (χ4n) is 2.60. The predicted molar refractivity (Wildman–Crippen MR) is 105 cm³/mol. The van der Waals surface area contributed by atoms with E-state index in [0.29, 0.717) is 34.2 Å². The average Bonchev–Trinajstić information content (AvgIpc) is 2.60. The number of pyridine rings is 1. The van der Waals surface area contributed by atoms with Gasteiger partial charge in [-0.05, 0) is 30.2 Å². The van der Waals surface area contributed by atoms with E-state index in [-0.39, 0.29) is 24.0 Å². The first-order valence-electron chi connectivity index (χ1n) is 8.61. The van der Waals surface area contributed by atoms with Gasteiger partial charge < -0.3 is 10.1 Å². The number of amides is 1. The molecule has 1 amide bonds. The lowest BCUT2D eigenvalue weighted by atomic mass is 10.1. The van der Waals surface area contributed by atoms with Crippen LogP contribution < -0.4 is 15.6 Å². The number of hydrogen-bond donors (Lipinski definition) is 1. The number of carbonyl (C=O) groups is 1. The van der Waals surface area contributed by atoms with Gasteiger partial charge in [-0.3, -0.25) is 14.0 Å². The Kier molecular flexibility index (Phi) is 5.76. The molecule has 1 aromatic carbocycles. The number of halogens is 1. The fourth-order valence-corrected chi connectivity index (χ4v) is 2.76. The van der Waals surface area contributed by atoms with Gasteiger partial charge in [0.05, 0.1) is 10.7 Å². The third-order valence-corrected chi connectivity index (χ3v) is 4.00. The SMILES string of the molecule is CC(C)CC(=O)Nc1cccc(OCc2cc(=O)n3cc(Cl)ccc3n2)c1. The number of ether oxygens (including phenoxy) is 1. The maximum absolute atomic E-state index is 12.2. The van der Waals surface area contributed by atoms with Gasteiger partial charge in [0.1, 0.15) is 18.0 Å². The highest BCUT2D eigenvalue weighted by atomic mass is 35.5. The molecule has 0 aliphatic rings. The molecular weight excluding hydrogens is 366 g/mol. The Labute approximate surface area is 161 Å². The quantitative estimate of drug-likeness (QED) is 0.698. The second-order valence-electron chi connectivity index (χ2n) is 6.62. The molecule has 0 aliphatic heterocycles. The van der Waals surface area contributed by atoms with Crippen LogP contribution in [0.1, 0.15) is 26.0 Å². The molecule has 3 rings (SSSR count). The zero-order valence-electron chi connectivity index (χ0n) is 15.1. The zero-order chi connectivity index (χ0) is 19.4. The number of fused-ring (bicyclic) bond motifs is 1. The summed E-state index contributed by atoms with van der Waals surface area (Å²) < 4.78 is 7.12. The molecular formula is C20H20ClN3O3. The standard InChI is InChI=1S/C20H20ClN3O3/c1-13(2)8-19(25)23-15-4-3-5-17(9-15)27-12-16-10-20(26)24-11-14(21)6-7-18(24)22-16/h3-7,9-11,13H,8,12H2,1-2H3,(H,23,25). The zero-order valence-corrected chi connectivity index (χ0v) is 15.9. The van der Waals surface area contributed by atoms with E-state index in [1.807, 2.05) is 13.8 Å². The second-order valence-corrected chi connectivity index (χ2v) is 7.06. The third-order valence-electron chi connectivity index (χ3n) is 3.77. The van der Waals surface area contributed by atoms with Crippen molar-refractivity contribution in [1.82, 2.24) is 9.38 Å². The van der Waals surface area contributed by atoms with Crippen molar-refractivity contribution in [3.8, 4) is 5.75 Å². The van der Waals surface area contributed by atoms with Gasteiger partial charge in [-0.15, -0.1) is 0 Å². The molecule has 6 nitrogen and oxygen atoms in total. The van der Waals surface area contributed by atoms with Gasteiger partial charge in [0.25, 0.3) is 5.56 Å². The monoisotopic (exact) mass is 385 g/mol. The Morgan fingerprint density at radius 3 is 2.85 bits per heavy atom. The normalized spacial score (nSPS) is 11.0. The van der Waals surface area contributed by atoms with Crippen LogP contribution in [0, 0.1) is 5.92 Å². The van der Waals surface area contributed by atoms with Crippen LogP contribution in [0.15, 0.2) is 53.5 Å². The van der Waals surface area contributed by atoms with Crippen molar-refractivity contribution in [1.29, 1.82) is 0 Å². The van der Waals surface area contributed by atoms with Crippen LogP contribution in [0.3, 0.4) is 0 Å². The van der Waals surface area contributed by atoms with Crippen molar-refractivity contribution in [3.05, 3.63) is 69.7 Å². The summed E-state index contributed by atoms with van der Waals surface area (Å²) in [6.07, 6.45) is 1.99. The number of nitrogens with zero attached hydrogens (tertiary/aromatic N) is 2. The number of nitrogens with one attached hydrogen (secondary N) is 1. The fraction of sp³-hybridized carbons (Fsp3) is 0.250. The summed E-state index contributed by atoms with van der Waals surface area (Å²) in [5.41, 5.74) is 1.45. The minimum absolute atomic E-state index is 0.0370. The lowest BCUT2D eigenvalue weighted by molar-refractivity contribution is -0.116. The minimum atomic E-state index is -0.226. The lowest BCUT2D eigenvalue weighted by Crippen LogP contribution is -2.16. The summed E-state index contributed by atoms with van der Waals surface area (Å²) in [6.45, 7) is 4.12. The van der Waals surface area contributed by atoms with Gasteiger partial charge in [-0.25, -0.2) is 4.98 Å². The van der Waals surface area contributed by atoms with Crippen LogP contribution in [-0.2, 0) is 11.4 Å². The van der Waals surface area contributed by atoms with Crippen molar-refractivity contribution in [2.75, 3.05) is 5.32 Å². The van der Waals surface area contributed by atoms with Crippen molar-refractivity contribution < 1.29 is 9.53 Å². The molecule has 0 bridgehead atoms. The summed E-state index contributed by atoms with van der Waals surface area (Å²) in [6, 6.07) is 11.9. The molecule has 0 fully saturated rings. The average molecular weight is 386 g/mol. The first kappa shape index (κ1) is 18.9. The van der Waals surface area contributed by atoms with Crippen LogP contribution in [0.4, 0.5) is 5.69 Å². The predicted octanol–water partition coefficient (Wildman–Crippen LogP) is 3.91. The van der Waals surface area contributed by atoms with Gasteiger partial charge in [-0.2, -0.15) is 0 Å². The number of aromatic nitrogens is 2. The maximum Gasteiger partial charge on any atom is 0.258 e. The Morgan fingerprint density at radius 1 is 1.26 bits per heavy atom. The van der Waals surface area contributed by atoms with Gasteiger partial charge in [0.15, 0.2) is 0 Å². The molecule has 0 radical (unpaired) electrons. The van der Waals surface area contributed by atoms with E-state index < -0.39 is 0 Å². The van der Waals surface area contributed by atoms with E-state index in [1.54, 1.807) is 36.4 Å². The van der Waals surface area contributed by atoms with Crippen molar-refractivity contribution in [2.45, 2.75) is 26.9 Å². The molecule has 0 saturated heterocycles. The summed E-state index contributed by atoms with van der Waals surface area (Å²) in [4.78, 5) is 28.5. The first-order chi connectivity index (χ1) is 12.9. The highest BCUT2D eigenvalue weighted by molar-refractivity contribution is 6.30. The topological polar surface area (TPSA) is 72.7 Å². The highest BCUT2D eigenvalue weighted by Crippen LogP contribution is 2.19. The Hall–Kier alpha value is -2.86. The van der Waals surface area contributed by atoms with Gasteiger partial charge in [0.2, 0.25) is 5.91 Å². The number of anilines is 1. The molecule has 0 spiro atoms. The van der Waals surface area contributed by atoms with Crippen molar-refractivity contribution in [2.24, 2.45) is 5.92 Å². The molecule has 2 heterocycles. The van der Waals surface area contributed by atoms with Crippen LogP contribution in [0.25, 0.3) is 5.65 Å². The van der Waals surface area contributed by atoms with E-state index in [4.69, 9.17) is 16.3 Å². The van der Waals surface area contributed by atoms with Crippen LogP contribution in [0.5, 0.6) is 5.75 Å². The van der Waals surface area contributed by atoms with Crippen LogP contribution >= 0.6 is 11.6 Å². The Morgan fingerprint density at radius 2 is 2.07 bits per heavy atom. The van der Waals surface area contributed by atoms with Crippen LogP contribution in [-0.4, -0.2) is 15.3 Å². The molecule has 7 heteroatoms. The summed E-state index contributed by atoms with van der Waals surface area (Å²) in [5, 5.41) is 3.31. The second kappa shape index (κ2) is 8.22. The first-order valence-corrected chi connectivity index (χ1v) is 8.99. The Bertz CT molecular complexity index is 1030. The number of hydrogen-bond acceptors (Lipinski definition) is 4. The summed E-state index contributed by atoms with van der Waals surface area (Å²) in [7, 11) is 0.